The van der Waals surface area contributed by atoms with Crippen molar-refractivity contribution in [3.63, 3.8) is 0 Å². The van der Waals surface area contributed by atoms with Gasteiger partial charge in [0.05, 0.1) is 43.0 Å². The van der Waals surface area contributed by atoms with Crippen LogP contribution in [0.4, 0.5) is 15.9 Å². The van der Waals surface area contributed by atoms with Crippen LogP contribution in [0.25, 0.3) is 10.2 Å². The van der Waals surface area contributed by atoms with Gasteiger partial charge in [0, 0.05) is 5.69 Å². The molecule has 2 aromatic heterocycles. The van der Waals surface area contributed by atoms with E-state index in [4.69, 9.17) is 0 Å². The lowest BCUT2D eigenvalue weighted by molar-refractivity contribution is -0.898. The number of thiophene rings is 1. The quantitative estimate of drug-likeness (QED) is 0.704. The Morgan fingerprint density at radius 1 is 1.25 bits per heavy atom. The number of aromatic nitrogens is 2. The van der Waals surface area contributed by atoms with Gasteiger partial charge in [-0.15, -0.1) is 11.3 Å². The van der Waals surface area contributed by atoms with Crippen LogP contribution in [-0.4, -0.2) is 48.6 Å². The first-order valence-electron chi connectivity index (χ1n) is 9.46. The summed E-state index contributed by atoms with van der Waals surface area (Å²) in [6, 6.07) is 5.76. The summed E-state index contributed by atoms with van der Waals surface area (Å²) in [4.78, 5) is 27.1. The highest BCUT2D eigenvalue weighted by Gasteiger charge is 2.25. The molecule has 1 aliphatic rings. The maximum atomic E-state index is 13.1. The Labute approximate surface area is 167 Å². The second kappa shape index (κ2) is 7.81. The summed E-state index contributed by atoms with van der Waals surface area (Å²) >= 11 is 1.37. The maximum Gasteiger partial charge on any atom is 0.266 e. The summed E-state index contributed by atoms with van der Waals surface area (Å²) in [7, 11) is 0. The zero-order valence-electron chi connectivity index (χ0n) is 16.0. The predicted octanol–water partition coefficient (Wildman–Crippen LogP) is 2.12. The number of nitrogens with one attached hydrogen (secondary N) is 2. The molecule has 6 nitrogen and oxygen atoms in total. The molecule has 8 heteroatoms. The molecule has 3 aromatic rings. The van der Waals surface area contributed by atoms with Crippen LogP contribution in [0.15, 0.2) is 30.6 Å². The highest BCUT2D eigenvalue weighted by atomic mass is 32.1. The van der Waals surface area contributed by atoms with E-state index in [1.807, 2.05) is 6.92 Å². The number of amides is 1. The third-order valence-electron chi connectivity index (χ3n) is 5.29. The number of benzene rings is 1. The summed E-state index contributed by atoms with van der Waals surface area (Å²) in [5.41, 5.74) is 1.45. The van der Waals surface area contributed by atoms with Crippen molar-refractivity contribution in [3.05, 3.63) is 46.9 Å². The molecule has 0 radical (unpaired) electrons. The van der Waals surface area contributed by atoms with E-state index in [0.29, 0.717) is 10.6 Å². The smallest absolute Gasteiger partial charge is 0.266 e. The van der Waals surface area contributed by atoms with E-state index in [2.05, 4.69) is 27.1 Å². The van der Waals surface area contributed by atoms with Crippen molar-refractivity contribution in [3.8, 4) is 0 Å². The van der Waals surface area contributed by atoms with Crippen LogP contribution < -0.4 is 15.1 Å². The van der Waals surface area contributed by atoms with E-state index >= 15 is 0 Å². The molecule has 3 heterocycles. The fourth-order valence-electron chi connectivity index (χ4n) is 3.62. The Morgan fingerprint density at radius 3 is 2.64 bits per heavy atom. The topological polar surface area (TPSA) is 62.6 Å². The number of halogens is 1. The molecule has 1 aliphatic heterocycles. The SMILES string of the molecule is CC[NH+]1CCN(c2ncnc3sc(C(=O)Nc4ccc(F)cc4)c(C)c23)CC1. The van der Waals surface area contributed by atoms with Crippen LogP contribution in [0.1, 0.15) is 22.2 Å². The van der Waals surface area contributed by atoms with Crippen molar-refractivity contribution in [2.24, 2.45) is 0 Å². The summed E-state index contributed by atoms with van der Waals surface area (Å²) in [5, 5.41) is 3.79. The monoisotopic (exact) mass is 400 g/mol. The molecule has 0 spiro atoms. The zero-order chi connectivity index (χ0) is 19.7. The number of fused-ring (bicyclic) bond motifs is 1. The van der Waals surface area contributed by atoms with Gasteiger partial charge in [-0.2, -0.15) is 0 Å². The van der Waals surface area contributed by atoms with Crippen LogP contribution in [-0.2, 0) is 0 Å². The van der Waals surface area contributed by atoms with E-state index in [9.17, 15) is 9.18 Å². The summed E-state index contributed by atoms with van der Waals surface area (Å²) in [5.74, 6) is 0.369. The normalized spacial score (nSPS) is 15.2. The van der Waals surface area contributed by atoms with Gasteiger partial charge in [0.25, 0.3) is 5.91 Å². The van der Waals surface area contributed by atoms with E-state index in [1.54, 1.807) is 23.4 Å². The molecule has 0 atom stereocenters. The van der Waals surface area contributed by atoms with Crippen LogP contribution in [0.5, 0.6) is 0 Å². The van der Waals surface area contributed by atoms with Gasteiger partial charge in [-0.1, -0.05) is 0 Å². The van der Waals surface area contributed by atoms with Gasteiger partial charge in [0.15, 0.2) is 0 Å². The third kappa shape index (κ3) is 3.57. The first-order valence-corrected chi connectivity index (χ1v) is 10.3. The van der Waals surface area contributed by atoms with Gasteiger partial charge in [-0.05, 0) is 43.7 Å². The van der Waals surface area contributed by atoms with Crippen molar-refractivity contribution >= 4 is 39.0 Å². The summed E-state index contributed by atoms with van der Waals surface area (Å²) in [6.45, 7) is 9.36. The number of nitrogens with zero attached hydrogens (tertiary/aromatic N) is 3. The molecular formula is C20H23FN5OS+. The van der Waals surface area contributed by atoms with Gasteiger partial charge in [0.2, 0.25) is 0 Å². The average molecular weight is 401 g/mol. The van der Waals surface area contributed by atoms with Crippen LogP contribution in [0.2, 0.25) is 0 Å². The van der Waals surface area contributed by atoms with Gasteiger partial charge >= 0.3 is 0 Å². The van der Waals surface area contributed by atoms with E-state index in [0.717, 1.165) is 54.3 Å². The Bertz CT molecular complexity index is 996. The summed E-state index contributed by atoms with van der Waals surface area (Å²) < 4.78 is 13.1. The standard InChI is InChI=1S/C20H22FN5OS/c1-3-25-8-10-26(11-9-25)18-16-13(2)17(28-20(16)23-12-22-18)19(27)24-15-6-4-14(21)5-7-15/h4-7,12H,3,8-11H2,1-2H3,(H,24,27)/p+1. The Kier molecular flexibility index (Phi) is 5.23. The number of likely N-dealkylation sites (N-methyl/N-ethyl adjacent to an activating group) is 1. The number of hydrogen-bond acceptors (Lipinski definition) is 5. The predicted molar refractivity (Wildman–Crippen MR) is 110 cm³/mol. The van der Waals surface area contributed by atoms with E-state index in [1.165, 1.54) is 23.5 Å². The van der Waals surface area contributed by atoms with Crippen LogP contribution in [0, 0.1) is 12.7 Å². The number of rotatable bonds is 4. The Balaban J connectivity index is 1.63. The molecule has 1 aromatic carbocycles. The fraction of sp³-hybridized carbons (Fsp3) is 0.350. The molecular weight excluding hydrogens is 377 g/mol. The molecule has 0 saturated carbocycles. The number of carbonyl (C=O) groups excluding carboxylic acids is 1. The lowest BCUT2D eigenvalue weighted by Gasteiger charge is -2.32. The van der Waals surface area contributed by atoms with Crippen LogP contribution >= 0.6 is 11.3 Å². The number of piperazine rings is 1. The Hall–Kier alpha value is -2.58. The molecule has 146 valence electrons. The third-order valence-corrected chi connectivity index (χ3v) is 6.48. The first-order chi connectivity index (χ1) is 13.6. The molecule has 2 N–H and O–H groups in total. The van der Waals surface area contributed by atoms with Crippen molar-refractivity contribution in [1.82, 2.24) is 9.97 Å². The molecule has 0 bridgehead atoms. The van der Waals surface area contributed by atoms with Gasteiger partial charge in [-0.25, -0.2) is 14.4 Å². The van der Waals surface area contributed by atoms with Gasteiger partial charge in [-0.3, -0.25) is 4.79 Å². The van der Waals surface area contributed by atoms with Gasteiger partial charge in [0.1, 0.15) is 22.8 Å². The number of hydrogen-bond donors (Lipinski definition) is 2. The Morgan fingerprint density at radius 2 is 1.96 bits per heavy atom. The number of carbonyl (C=O) groups is 1. The molecule has 4 rings (SSSR count). The van der Waals surface area contributed by atoms with Crippen LogP contribution in [0.3, 0.4) is 0 Å². The minimum Gasteiger partial charge on any atom is -0.345 e. The highest BCUT2D eigenvalue weighted by molar-refractivity contribution is 7.20. The second-order valence-corrected chi connectivity index (χ2v) is 7.98. The van der Waals surface area contributed by atoms with Crippen molar-refractivity contribution < 1.29 is 14.1 Å². The summed E-state index contributed by atoms with van der Waals surface area (Å²) in [6.07, 6.45) is 1.58. The molecule has 0 aliphatic carbocycles. The zero-order valence-corrected chi connectivity index (χ0v) is 16.8. The molecule has 1 fully saturated rings. The molecule has 1 saturated heterocycles. The second-order valence-electron chi connectivity index (χ2n) is 6.99. The fourth-order valence-corrected chi connectivity index (χ4v) is 4.66. The first kappa shape index (κ1) is 18.8. The van der Waals surface area contributed by atoms with E-state index < -0.39 is 0 Å². The lowest BCUT2D eigenvalue weighted by atomic mass is 10.1. The van der Waals surface area contributed by atoms with Crippen molar-refractivity contribution in [2.75, 3.05) is 42.9 Å². The van der Waals surface area contributed by atoms with Crippen molar-refractivity contribution in [2.45, 2.75) is 13.8 Å². The lowest BCUT2D eigenvalue weighted by Crippen LogP contribution is -3.14. The molecule has 1 amide bonds. The highest BCUT2D eigenvalue weighted by Crippen LogP contribution is 2.35. The van der Waals surface area contributed by atoms with Crippen molar-refractivity contribution in [1.29, 1.82) is 0 Å². The van der Waals surface area contributed by atoms with E-state index in [-0.39, 0.29) is 11.7 Å². The molecule has 0 unspecified atom stereocenters. The van der Waals surface area contributed by atoms with Gasteiger partial charge < -0.3 is 15.1 Å². The average Bonchev–Trinajstić information content (AvgIpc) is 3.07. The minimum absolute atomic E-state index is 0.210. The molecule has 28 heavy (non-hydrogen) atoms. The number of aryl methyl sites for hydroxylation is 1. The largest absolute Gasteiger partial charge is 0.345 e. The minimum atomic E-state index is -0.332. The maximum absolute atomic E-state index is 13.1. The number of quaternary nitrogens is 1. The number of anilines is 2.